The van der Waals surface area contributed by atoms with Gasteiger partial charge in [0.25, 0.3) is 0 Å². The van der Waals surface area contributed by atoms with Gasteiger partial charge in [-0.25, -0.2) is 0 Å². The fraction of sp³-hybridized carbons (Fsp3) is 0.600. The van der Waals surface area contributed by atoms with Crippen molar-refractivity contribution in [2.45, 2.75) is 31.7 Å². The third kappa shape index (κ3) is 2.06. The number of rotatable bonds is 3. The molecule has 0 saturated heterocycles. The normalized spacial score (nSPS) is 19.8. The standard InChI is InChI=1S/C10H14ClNO/c11-10-5-4-9(13-10)8(12)6-7-2-1-3-7/h4-5,7-8H,1-3,6,12H2. The number of hydrogen-bond donors (Lipinski definition) is 1. The zero-order chi connectivity index (χ0) is 9.26. The van der Waals surface area contributed by atoms with Gasteiger partial charge in [-0.05, 0) is 36.1 Å². The Hall–Kier alpha value is -0.470. The van der Waals surface area contributed by atoms with Crippen molar-refractivity contribution in [3.8, 4) is 0 Å². The first-order valence-corrected chi connectivity index (χ1v) is 5.14. The van der Waals surface area contributed by atoms with Gasteiger partial charge in [-0.2, -0.15) is 0 Å². The summed E-state index contributed by atoms with van der Waals surface area (Å²) < 4.78 is 5.26. The van der Waals surface area contributed by atoms with Crippen molar-refractivity contribution in [1.82, 2.24) is 0 Å². The lowest BCUT2D eigenvalue weighted by atomic mass is 9.80. The number of hydrogen-bond acceptors (Lipinski definition) is 2. The Kier molecular flexibility index (Phi) is 2.61. The minimum absolute atomic E-state index is 0.0257. The molecule has 1 heterocycles. The molecular formula is C10H14ClNO. The molecular weight excluding hydrogens is 186 g/mol. The van der Waals surface area contributed by atoms with E-state index in [1.165, 1.54) is 19.3 Å². The van der Waals surface area contributed by atoms with Gasteiger partial charge in [-0.3, -0.25) is 0 Å². The Bertz CT molecular complexity index is 280. The maximum Gasteiger partial charge on any atom is 0.193 e. The third-order valence-electron chi connectivity index (χ3n) is 2.77. The molecule has 0 radical (unpaired) electrons. The SMILES string of the molecule is NC(CC1CCC1)c1ccc(Cl)o1. The molecule has 0 aliphatic heterocycles. The summed E-state index contributed by atoms with van der Waals surface area (Å²) in [6.07, 6.45) is 5.03. The van der Waals surface area contributed by atoms with Crippen molar-refractivity contribution in [2.24, 2.45) is 11.7 Å². The zero-order valence-electron chi connectivity index (χ0n) is 7.50. The van der Waals surface area contributed by atoms with Crippen LogP contribution in [0.4, 0.5) is 0 Å². The molecule has 1 aliphatic carbocycles. The molecule has 0 aromatic carbocycles. The summed E-state index contributed by atoms with van der Waals surface area (Å²) in [4.78, 5) is 0. The summed E-state index contributed by atoms with van der Waals surface area (Å²) in [5, 5.41) is 0.430. The smallest absolute Gasteiger partial charge is 0.193 e. The summed E-state index contributed by atoms with van der Waals surface area (Å²) >= 11 is 5.67. The van der Waals surface area contributed by atoms with Crippen molar-refractivity contribution in [3.05, 3.63) is 23.1 Å². The predicted octanol–water partition coefficient (Wildman–Crippen LogP) is 3.12. The second-order valence-corrected chi connectivity index (χ2v) is 4.15. The molecule has 1 saturated carbocycles. The molecule has 1 aromatic heterocycles. The molecule has 2 nitrogen and oxygen atoms in total. The van der Waals surface area contributed by atoms with Crippen LogP contribution in [-0.2, 0) is 0 Å². The molecule has 2 rings (SSSR count). The van der Waals surface area contributed by atoms with Gasteiger partial charge < -0.3 is 10.2 Å². The van der Waals surface area contributed by atoms with E-state index in [0.717, 1.165) is 18.1 Å². The van der Waals surface area contributed by atoms with Gasteiger partial charge in [-0.1, -0.05) is 19.3 Å². The van der Waals surface area contributed by atoms with Gasteiger partial charge in [-0.15, -0.1) is 0 Å². The largest absolute Gasteiger partial charge is 0.448 e. The van der Waals surface area contributed by atoms with Crippen LogP contribution in [0, 0.1) is 5.92 Å². The van der Waals surface area contributed by atoms with E-state index in [0.29, 0.717) is 5.22 Å². The topological polar surface area (TPSA) is 39.2 Å². The number of nitrogens with two attached hydrogens (primary N) is 1. The van der Waals surface area contributed by atoms with Crippen LogP contribution in [0.3, 0.4) is 0 Å². The molecule has 1 aliphatic rings. The number of halogens is 1. The molecule has 1 unspecified atom stereocenters. The predicted molar refractivity (Wildman–Crippen MR) is 52.6 cm³/mol. The molecule has 2 N–H and O–H groups in total. The van der Waals surface area contributed by atoms with Gasteiger partial charge >= 0.3 is 0 Å². The second-order valence-electron chi connectivity index (χ2n) is 3.78. The molecule has 0 spiro atoms. The van der Waals surface area contributed by atoms with Gasteiger partial charge in [0.1, 0.15) is 5.76 Å². The highest BCUT2D eigenvalue weighted by molar-refractivity contribution is 6.28. The molecule has 1 fully saturated rings. The summed E-state index contributed by atoms with van der Waals surface area (Å²) in [6, 6.07) is 3.64. The molecule has 0 bridgehead atoms. The maximum atomic E-state index is 5.97. The van der Waals surface area contributed by atoms with Crippen molar-refractivity contribution in [3.63, 3.8) is 0 Å². The third-order valence-corrected chi connectivity index (χ3v) is 2.97. The average Bonchev–Trinajstić information content (AvgIpc) is 2.44. The van der Waals surface area contributed by atoms with Crippen molar-refractivity contribution >= 4 is 11.6 Å². The quantitative estimate of drug-likeness (QED) is 0.813. The Balaban J connectivity index is 1.92. The van der Waals surface area contributed by atoms with E-state index in [9.17, 15) is 0 Å². The summed E-state index contributed by atoms with van der Waals surface area (Å²) in [5.74, 6) is 1.62. The van der Waals surface area contributed by atoms with E-state index >= 15 is 0 Å². The van der Waals surface area contributed by atoms with E-state index in [-0.39, 0.29) is 6.04 Å². The highest BCUT2D eigenvalue weighted by Gasteiger charge is 2.22. The summed E-state index contributed by atoms with van der Waals surface area (Å²) in [7, 11) is 0. The first kappa shape index (κ1) is 9.10. The van der Waals surface area contributed by atoms with E-state index in [2.05, 4.69) is 0 Å². The monoisotopic (exact) mass is 199 g/mol. The van der Waals surface area contributed by atoms with E-state index in [1.807, 2.05) is 6.07 Å². The highest BCUT2D eigenvalue weighted by Crippen LogP contribution is 2.34. The Labute approximate surface area is 83.1 Å². The van der Waals surface area contributed by atoms with E-state index < -0.39 is 0 Å². The average molecular weight is 200 g/mol. The van der Waals surface area contributed by atoms with Crippen LogP contribution in [0.1, 0.15) is 37.5 Å². The Morgan fingerprint density at radius 2 is 2.31 bits per heavy atom. The van der Waals surface area contributed by atoms with Crippen LogP contribution >= 0.6 is 11.6 Å². The van der Waals surface area contributed by atoms with E-state index in [4.69, 9.17) is 21.8 Å². The second kappa shape index (κ2) is 3.72. The first-order chi connectivity index (χ1) is 6.25. The molecule has 1 aromatic rings. The molecule has 13 heavy (non-hydrogen) atoms. The summed E-state index contributed by atoms with van der Waals surface area (Å²) in [6.45, 7) is 0. The van der Waals surface area contributed by atoms with Crippen molar-refractivity contribution < 1.29 is 4.42 Å². The molecule has 0 amide bonds. The highest BCUT2D eigenvalue weighted by atomic mass is 35.5. The molecule has 1 atom stereocenters. The van der Waals surface area contributed by atoms with Crippen molar-refractivity contribution in [2.75, 3.05) is 0 Å². The lowest BCUT2D eigenvalue weighted by molar-refractivity contribution is 0.266. The fourth-order valence-electron chi connectivity index (χ4n) is 1.73. The van der Waals surface area contributed by atoms with Crippen LogP contribution in [0.15, 0.2) is 16.5 Å². The maximum absolute atomic E-state index is 5.97. The molecule has 3 heteroatoms. The Morgan fingerprint density at radius 1 is 1.54 bits per heavy atom. The van der Waals surface area contributed by atoms with Crippen LogP contribution in [0.5, 0.6) is 0 Å². The Morgan fingerprint density at radius 3 is 2.77 bits per heavy atom. The van der Waals surface area contributed by atoms with Crippen LogP contribution in [0.25, 0.3) is 0 Å². The minimum atomic E-state index is 0.0257. The van der Waals surface area contributed by atoms with Gasteiger partial charge in [0, 0.05) is 0 Å². The van der Waals surface area contributed by atoms with Gasteiger partial charge in [0.05, 0.1) is 6.04 Å². The van der Waals surface area contributed by atoms with Gasteiger partial charge in [0.15, 0.2) is 5.22 Å². The molecule has 72 valence electrons. The minimum Gasteiger partial charge on any atom is -0.448 e. The van der Waals surface area contributed by atoms with E-state index in [1.54, 1.807) is 6.07 Å². The van der Waals surface area contributed by atoms with Crippen LogP contribution in [0.2, 0.25) is 5.22 Å². The van der Waals surface area contributed by atoms with Crippen LogP contribution < -0.4 is 5.73 Å². The lowest BCUT2D eigenvalue weighted by Gasteiger charge is -2.27. The summed E-state index contributed by atoms with van der Waals surface area (Å²) in [5.41, 5.74) is 5.97. The number of furan rings is 1. The van der Waals surface area contributed by atoms with Crippen molar-refractivity contribution in [1.29, 1.82) is 0 Å². The first-order valence-electron chi connectivity index (χ1n) is 4.76. The lowest BCUT2D eigenvalue weighted by Crippen LogP contribution is -2.19. The van der Waals surface area contributed by atoms with Crippen LogP contribution in [-0.4, -0.2) is 0 Å². The van der Waals surface area contributed by atoms with Gasteiger partial charge in [0.2, 0.25) is 0 Å². The fourth-order valence-corrected chi connectivity index (χ4v) is 1.88. The zero-order valence-corrected chi connectivity index (χ0v) is 8.26.